The van der Waals surface area contributed by atoms with Gasteiger partial charge in [0.15, 0.2) is 0 Å². The van der Waals surface area contributed by atoms with E-state index < -0.39 is 0 Å². The fourth-order valence-corrected chi connectivity index (χ4v) is 2.68. The van der Waals surface area contributed by atoms with E-state index >= 15 is 0 Å². The van der Waals surface area contributed by atoms with Crippen molar-refractivity contribution in [3.63, 3.8) is 0 Å². The number of benzene rings is 2. The minimum atomic E-state index is 0.151. The number of ether oxygens (including phenoxy) is 1. The Morgan fingerprint density at radius 2 is 2.00 bits per heavy atom. The normalized spacial score (nSPS) is 12.0. The smallest absolute Gasteiger partial charge is 0.124 e. The van der Waals surface area contributed by atoms with Crippen LogP contribution in [0.15, 0.2) is 46.9 Å². The van der Waals surface area contributed by atoms with Crippen molar-refractivity contribution >= 4 is 33.2 Å². The minimum absolute atomic E-state index is 0.151. The first-order valence-corrected chi connectivity index (χ1v) is 7.67. The third-order valence-corrected chi connectivity index (χ3v) is 4.00. The van der Waals surface area contributed by atoms with Crippen LogP contribution in [-0.4, -0.2) is 7.11 Å². The lowest BCUT2D eigenvalue weighted by Crippen LogP contribution is -2.11. The van der Waals surface area contributed by atoms with Gasteiger partial charge in [-0.25, -0.2) is 0 Å². The Balaban J connectivity index is 2.31. The van der Waals surface area contributed by atoms with Crippen molar-refractivity contribution in [3.05, 3.63) is 57.5 Å². The summed E-state index contributed by atoms with van der Waals surface area (Å²) in [5, 5.41) is 4.20. The zero-order valence-corrected chi connectivity index (χ0v) is 13.8. The number of rotatable bonds is 5. The molecule has 0 spiro atoms. The molecule has 0 aliphatic heterocycles. The van der Waals surface area contributed by atoms with Crippen LogP contribution in [0.3, 0.4) is 0 Å². The molecule has 2 rings (SSSR count). The van der Waals surface area contributed by atoms with Gasteiger partial charge in [-0.05, 0) is 30.7 Å². The van der Waals surface area contributed by atoms with Crippen LogP contribution in [0, 0.1) is 0 Å². The summed E-state index contributed by atoms with van der Waals surface area (Å²) in [6.07, 6.45) is 0.934. The average molecular weight is 355 g/mol. The average Bonchev–Trinajstić information content (AvgIpc) is 2.48. The standard InChI is InChI=1S/C16H17BrClNO/c1-3-14(12-6-4-5-7-16(12)20-2)19-15-10-11(17)8-9-13(15)18/h4-10,14,19H,3H2,1-2H3. The molecule has 0 aliphatic carbocycles. The first kappa shape index (κ1) is 15.2. The number of halogens is 2. The topological polar surface area (TPSA) is 21.3 Å². The summed E-state index contributed by atoms with van der Waals surface area (Å²) in [5.74, 6) is 0.887. The number of methoxy groups -OCH3 is 1. The molecule has 20 heavy (non-hydrogen) atoms. The van der Waals surface area contributed by atoms with Crippen LogP contribution in [0.5, 0.6) is 5.75 Å². The van der Waals surface area contributed by atoms with E-state index in [-0.39, 0.29) is 6.04 Å². The quantitative estimate of drug-likeness (QED) is 0.746. The van der Waals surface area contributed by atoms with Gasteiger partial charge in [0.25, 0.3) is 0 Å². The summed E-state index contributed by atoms with van der Waals surface area (Å²) < 4.78 is 6.44. The van der Waals surface area contributed by atoms with Gasteiger partial charge in [-0.3, -0.25) is 0 Å². The van der Waals surface area contributed by atoms with Crippen molar-refractivity contribution in [2.24, 2.45) is 0 Å². The molecule has 0 heterocycles. The van der Waals surface area contributed by atoms with Crippen LogP contribution < -0.4 is 10.1 Å². The molecule has 0 saturated heterocycles. The third-order valence-electron chi connectivity index (χ3n) is 3.18. The number of nitrogens with one attached hydrogen (secondary N) is 1. The minimum Gasteiger partial charge on any atom is -0.496 e. The largest absolute Gasteiger partial charge is 0.496 e. The third kappa shape index (κ3) is 3.47. The summed E-state index contributed by atoms with van der Waals surface area (Å²) >= 11 is 9.71. The highest BCUT2D eigenvalue weighted by molar-refractivity contribution is 9.10. The van der Waals surface area contributed by atoms with Gasteiger partial charge in [0.05, 0.1) is 23.9 Å². The maximum absolute atomic E-state index is 6.24. The lowest BCUT2D eigenvalue weighted by atomic mass is 10.0. The molecule has 106 valence electrons. The molecule has 1 atom stereocenters. The first-order valence-electron chi connectivity index (χ1n) is 6.50. The van der Waals surface area contributed by atoms with Gasteiger partial charge >= 0.3 is 0 Å². The first-order chi connectivity index (χ1) is 9.65. The van der Waals surface area contributed by atoms with Crippen molar-refractivity contribution in [1.29, 1.82) is 0 Å². The summed E-state index contributed by atoms with van der Waals surface area (Å²) in [4.78, 5) is 0. The van der Waals surface area contributed by atoms with Crippen LogP contribution in [0.1, 0.15) is 24.9 Å². The van der Waals surface area contributed by atoms with E-state index in [9.17, 15) is 0 Å². The Morgan fingerprint density at radius 3 is 2.70 bits per heavy atom. The molecular formula is C16H17BrClNO. The molecule has 0 saturated carbocycles. The van der Waals surface area contributed by atoms with E-state index in [0.29, 0.717) is 5.02 Å². The summed E-state index contributed by atoms with van der Waals surface area (Å²) in [7, 11) is 1.69. The van der Waals surface area contributed by atoms with Crippen molar-refractivity contribution < 1.29 is 4.74 Å². The van der Waals surface area contributed by atoms with E-state index in [4.69, 9.17) is 16.3 Å². The van der Waals surface area contributed by atoms with E-state index in [1.54, 1.807) is 7.11 Å². The Labute approximate surface area is 133 Å². The zero-order chi connectivity index (χ0) is 14.5. The van der Waals surface area contributed by atoms with E-state index in [0.717, 1.165) is 27.9 Å². The van der Waals surface area contributed by atoms with Gasteiger partial charge in [-0.15, -0.1) is 0 Å². The van der Waals surface area contributed by atoms with Gasteiger partial charge < -0.3 is 10.1 Å². The summed E-state index contributed by atoms with van der Waals surface area (Å²) in [6.45, 7) is 2.13. The second kappa shape index (κ2) is 7.00. The molecule has 0 aliphatic rings. The molecule has 2 aromatic rings. The van der Waals surface area contributed by atoms with Gasteiger partial charge in [0.1, 0.15) is 5.75 Å². The Bertz CT molecular complexity index is 588. The van der Waals surface area contributed by atoms with Crippen LogP contribution >= 0.6 is 27.5 Å². The predicted octanol–water partition coefficient (Wildman–Crippen LogP) is 5.67. The fourth-order valence-electron chi connectivity index (χ4n) is 2.15. The van der Waals surface area contributed by atoms with E-state index in [2.05, 4.69) is 34.2 Å². The van der Waals surface area contributed by atoms with E-state index in [1.165, 1.54) is 0 Å². The highest BCUT2D eigenvalue weighted by atomic mass is 79.9. The predicted molar refractivity (Wildman–Crippen MR) is 88.8 cm³/mol. The second-order valence-corrected chi connectivity index (χ2v) is 5.79. The Hall–Kier alpha value is -1.19. The van der Waals surface area contributed by atoms with Crippen molar-refractivity contribution in [2.75, 3.05) is 12.4 Å². The molecule has 1 N–H and O–H groups in total. The molecule has 4 heteroatoms. The number of hydrogen-bond acceptors (Lipinski definition) is 2. The molecule has 0 amide bonds. The van der Waals surface area contributed by atoms with Crippen LogP contribution in [0.2, 0.25) is 5.02 Å². The van der Waals surface area contributed by atoms with Gasteiger partial charge in [0.2, 0.25) is 0 Å². The van der Waals surface area contributed by atoms with Crippen LogP contribution in [-0.2, 0) is 0 Å². The monoisotopic (exact) mass is 353 g/mol. The Kier molecular flexibility index (Phi) is 5.32. The molecule has 1 unspecified atom stereocenters. The maximum atomic E-state index is 6.24. The molecule has 2 nitrogen and oxygen atoms in total. The van der Waals surface area contributed by atoms with Gasteiger partial charge in [-0.1, -0.05) is 52.7 Å². The molecule has 0 fully saturated rings. The molecule has 0 aromatic heterocycles. The Morgan fingerprint density at radius 1 is 1.25 bits per heavy atom. The molecule has 2 aromatic carbocycles. The van der Waals surface area contributed by atoms with Crippen LogP contribution in [0.4, 0.5) is 5.69 Å². The lowest BCUT2D eigenvalue weighted by molar-refractivity contribution is 0.406. The highest BCUT2D eigenvalue weighted by Gasteiger charge is 2.15. The molecule has 0 radical (unpaired) electrons. The highest BCUT2D eigenvalue weighted by Crippen LogP contribution is 2.33. The fraction of sp³-hybridized carbons (Fsp3) is 0.250. The molecule has 0 bridgehead atoms. The van der Waals surface area contributed by atoms with Crippen molar-refractivity contribution in [2.45, 2.75) is 19.4 Å². The maximum Gasteiger partial charge on any atom is 0.124 e. The number of anilines is 1. The summed E-state index contributed by atoms with van der Waals surface area (Å²) in [6, 6.07) is 14.0. The molecular weight excluding hydrogens is 338 g/mol. The van der Waals surface area contributed by atoms with Crippen molar-refractivity contribution in [1.82, 2.24) is 0 Å². The van der Waals surface area contributed by atoms with Crippen molar-refractivity contribution in [3.8, 4) is 5.75 Å². The SMILES string of the molecule is CCC(Nc1cc(Br)ccc1Cl)c1ccccc1OC. The number of para-hydroxylation sites is 1. The van der Waals surface area contributed by atoms with Gasteiger partial charge in [0, 0.05) is 10.0 Å². The van der Waals surface area contributed by atoms with Crippen LogP contribution in [0.25, 0.3) is 0 Å². The summed E-state index contributed by atoms with van der Waals surface area (Å²) in [5.41, 5.74) is 2.05. The zero-order valence-electron chi connectivity index (χ0n) is 11.5. The van der Waals surface area contributed by atoms with Gasteiger partial charge in [-0.2, -0.15) is 0 Å². The van der Waals surface area contributed by atoms with E-state index in [1.807, 2.05) is 36.4 Å². The second-order valence-electron chi connectivity index (χ2n) is 4.47. The number of hydrogen-bond donors (Lipinski definition) is 1. The lowest BCUT2D eigenvalue weighted by Gasteiger charge is -2.21.